The Morgan fingerprint density at radius 3 is 2.36 bits per heavy atom. The maximum absolute atomic E-state index is 11.2. The molecule has 0 aromatic rings. The van der Waals surface area contributed by atoms with E-state index >= 15 is 0 Å². The first-order chi connectivity index (χ1) is 6.31. The second kappa shape index (κ2) is 3.89. The van der Waals surface area contributed by atoms with Crippen molar-refractivity contribution in [3.8, 4) is 0 Å². The summed E-state index contributed by atoms with van der Waals surface area (Å²) in [6.07, 6.45) is 2.42. The van der Waals surface area contributed by atoms with Crippen LogP contribution in [0.25, 0.3) is 0 Å². The first-order valence-corrected chi connectivity index (χ1v) is 5.10. The Labute approximate surface area is 85.8 Å². The zero-order valence-corrected chi connectivity index (χ0v) is 9.55. The summed E-state index contributed by atoms with van der Waals surface area (Å²) in [6, 6.07) is 0. The van der Waals surface area contributed by atoms with Crippen molar-refractivity contribution < 1.29 is 14.3 Å². The Morgan fingerprint density at radius 2 is 1.93 bits per heavy atom. The molecule has 0 amide bonds. The second-order valence-electron chi connectivity index (χ2n) is 5.39. The van der Waals surface area contributed by atoms with Crippen molar-refractivity contribution in [3.05, 3.63) is 0 Å². The predicted octanol–water partition coefficient (Wildman–Crippen LogP) is 2.14. The monoisotopic (exact) mass is 200 g/mol. The third kappa shape index (κ3) is 4.61. The summed E-state index contributed by atoms with van der Waals surface area (Å²) < 4.78 is 10.4. The number of carbonyl (C=O) groups is 1. The molecule has 0 aliphatic heterocycles. The largest absolute Gasteiger partial charge is 0.458 e. The van der Waals surface area contributed by atoms with Gasteiger partial charge in [-0.1, -0.05) is 6.92 Å². The van der Waals surface area contributed by atoms with Crippen molar-refractivity contribution in [3.63, 3.8) is 0 Å². The maximum Gasteiger partial charge on any atom is 0.332 e. The Bertz CT molecular complexity index is 211. The number of rotatable bonds is 4. The third-order valence-electron chi connectivity index (χ3n) is 2.19. The van der Waals surface area contributed by atoms with E-state index in [0.717, 1.165) is 0 Å². The van der Waals surface area contributed by atoms with Gasteiger partial charge in [0.1, 0.15) is 12.2 Å². The molecule has 0 radical (unpaired) electrons. The number of ether oxygens (including phenoxy) is 2. The summed E-state index contributed by atoms with van der Waals surface area (Å²) in [5.74, 6) is -0.276. The SMILES string of the molecule is CC1(COCC(=O)OC(C)(C)C)CC1. The lowest BCUT2D eigenvalue weighted by Crippen LogP contribution is -2.27. The van der Waals surface area contributed by atoms with Gasteiger partial charge in [0.2, 0.25) is 0 Å². The van der Waals surface area contributed by atoms with Gasteiger partial charge in [-0.2, -0.15) is 0 Å². The molecule has 1 rings (SSSR count). The molecule has 1 aliphatic carbocycles. The van der Waals surface area contributed by atoms with E-state index in [2.05, 4.69) is 6.92 Å². The molecule has 0 atom stereocenters. The fourth-order valence-electron chi connectivity index (χ4n) is 1.11. The Balaban J connectivity index is 2.09. The van der Waals surface area contributed by atoms with Crippen molar-refractivity contribution in [2.75, 3.05) is 13.2 Å². The van der Waals surface area contributed by atoms with Crippen LogP contribution in [0.15, 0.2) is 0 Å². The van der Waals surface area contributed by atoms with Gasteiger partial charge in [0, 0.05) is 0 Å². The van der Waals surface area contributed by atoms with E-state index < -0.39 is 5.60 Å². The van der Waals surface area contributed by atoms with Crippen LogP contribution < -0.4 is 0 Å². The standard InChI is InChI=1S/C11H20O3/c1-10(2,3)14-9(12)7-13-8-11(4)5-6-11/h5-8H2,1-4H3. The third-order valence-corrected chi connectivity index (χ3v) is 2.19. The summed E-state index contributed by atoms with van der Waals surface area (Å²) in [5, 5.41) is 0. The van der Waals surface area contributed by atoms with E-state index in [4.69, 9.17) is 9.47 Å². The number of esters is 1. The molecule has 1 saturated carbocycles. The maximum atomic E-state index is 11.2. The molecule has 0 heterocycles. The van der Waals surface area contributed by atoms with Crippen LogP contribution in [-0.4, -0.2) is 24.8 Å². The van der Waals surface area contributed by atoms with Crippen molar-refractivity contribution in [2.24, 2.45) is 5.41 Å². The predicted molar refractivity (Wildman–Crippen MR) is 54.0 cm³/mol. The molecular formula is C11H20O3. The van der Waals surface area contributed by atoms with Crippen LogP contribution in [0.1, 0.15) is 40.5 Å². The van der Waals surface area contributed by atoms with Crippen LogP contribution in [-0.2, 0) is 14.3 Å². The van der Waals surface area contributed by atoms with Crippen molar-refractivity contribution >= 4 is 5.97 Å². The van der Waals surface area contributed by atoms with Crippen LogP contribution in [0.3, 0.4) is 0 Å². The van der Waals surface area contributed by atoms with Crippen LogP contribution >= 0.6 is 0 Å². The Kier molecular flexibility index (Phi) is 3.20. The highest BCUT2D eigenvalue weighted by Crippen LogP contribution is 2.44. The van der Waals surface area contributed by atoms with E-state index in [9.17, 15) is 4.79 Å². The van der Waals surface area contributed by atoms with Gasteiger partial charge in [-0.05, 0) is 39.0 Å². The number of hydrogen-bond acceptors (Lipinski definition) is 3. The zero-order chi connectivity index (χ0) is 10.8. The lowest BCUT2D eigenvalue weighted by molar-refractivity contribution is -0.160. The second-order valence-corrected chi connectivity index (χ2v) is 5.39. The molecule has 3 nitrogen and oxygen atoms in total. The minimum atomic E-state index is -0.413. The van der Waals surface area contributed by atoms with Gasteiger partial charge >= 0.3 is 5.97 Å². The van der Waals surface area contributed by atoms with Gasteiger partial charge in [0.25, 0.3) is 0 Å². The average Bonchev–Trinajstić information content (AvgIpc) is 2.64. The molecule has 0 spiro atoms. The first-order valence-electron chi connectivity index (χ1n) is 5.10. The fraction of sp³-hybridized carbons (Fsp3) is 0.909. The normalized spacial score (nSPS) is 19.1. The first kappa shape index (κ1) is 11.5. The molecule has 0 bridgehead atoms. The molecule has 3 heteroatoms. The summed E-state index contributed by atoms with van der Waals surface area (Å²) in [6.45, 7) is 8.48. The highest BCUT2D eigenvalue weighted by molar-refractivity contribution is 5.71. The highest BCUT2D eigenvalue weighted by atomic mass is 16.6. The molecule has 0 N–H and O–H groups in total. The van der Waals surface area contributed by atoms with Gasteiger partial charge < -0.3 is 9.47 Å². The molecule has 0 unspecified atom stereocenters. The highest BCUT2D eigenvalue weighted by Gasteiger charge is 2.37. The van der Waals surface area contributed by atoms with E-state index in [-0.39, 0.29) is 12.6 Å². The quantitative estimate of drug-likeness (QED) is 0.652. The number of hydrogen-bond donors (Lipinski definition) is 0. The van der Waals surface area contributed by atoms with Gasteiger partial charge in [0.05, 0.1) is 6.61 Å². The van der Waals surface area contributed by atoms with E-state index in [1.165, 1.54) is 12.8 Å². The van der Waals surface area contributed by atoms with E-state index in [1.54, 1.807) is 0 Å². The molecule has 1 fully saturated rings. The molecular weight excluding hydrogens is 180 g/mol. The van der Waals surface area contributed by atoms with Crippen LogP contribution in [0.4, 0.5) is 0 Å². The van der Waals surface area contributed by atoms with Crippen molar-refractivity contribution in [1.82, 2.24) is 0 Å². The van der Waals surface area contributed by atoms with Gasteiger partial charge in [0.15, 0.2) is 0 Å². The molecule has 1 aliphatic rings. The van der Waals surface area contributed by atoms with Crippen molar-refractivity contribution in [2.45, 2.75) is 46.1 Å². The van der Waals surface area contributed by atoms with E-state index in [0.29, 0.717) is 12.0 Å². The number of carbonyl (C=O) groups excluding carboxylic acids is 1. The van der Waals surface area contributed by atoms with Crippen molar-refractivity contribution in [1.29, 1.82) is 0 Å². The minimum absolute atomic E-state index is 0.0762. The van der Waals surface area contributed by atoms with E-state index in [1.807, 2.05) is 20.8 Å². The average molecular weight is 200 g/mol. The topological polar surface area (TPSA) is 35.5 Å². The minimum Gasteiger partial charge on any atom is -0.458 e. The fourth-order valence-corrected chi connectivity index (χ4v) is 1.11. The Hall–Kier alpha value is -0.570. The van der Waals surface area contributed by atoms with Gasteiger partial charge in [-0.15, -0.1) is 0 Å². The molecule has 0 aromatic carbocycles. The molecule has 0 saturated heterocycles. The smallest absolute Gasteiger partial charge is 0.332 e. The van der Waals surface area contributed by atoms with Crippen LogP contribution in [0.2, 0.25) is 0 Å². The summed E-state index contributed by atoms with van der Waals surface area (Å²) in [4.78, 5) is 11.2. The van der Waals surface area contributed by atoms with Crippen LogP contribution in [0, 0.1) is 5.41 Å². The molecule has 82 valence electrons. The van der Waals surface area contributed by atoms with Crippen LogP contribution in [0.5, 0.6) is 0 Å². The zero-order valence-electron chi connectivity index (χ0n) is 9.55. The Morgan fingerprint density at radius 1 is 1.36 bits per heavy atom. The van der Waals surface area contributed by atoms with Gasteiger partial charge in [-0.25, -0.2) is 4.79 Å². The summed E-state index contributed by atoms with van der Waals surface area (Å²) in [5.41, 5.74) is -0.0774. The summed E-state index contributed by atoms with van der Waals surface area (Å²) in [7, 11) is 0. The van der Waals surface area contributed by atoms with Gasteiger partial charge in [-0.3, -0.25) is 0 Å². The lowest BCUT2D eigenvalue weighted by Gasteiger charge is -2.19. The summed E-state index contributed by atoms with van der Waals surface area (Å²) >= 11 is 0. The molecule has 14 heavy (non-hydrogen) atoms. The lowest BCUT2D eigenvalue weighted by atomic mass is 10.2. The molecule has 0 aromatic heterocycles.